The van der Waals surface area contributed by atoms with Gasteiger partial charge < -0.3 is 9.88 Å². The van der Waals surface area contributed by atoms with Gasteiger partial charge in [-0.3, -0.25) is 4.79 Å². The maximum Gasteiger partial charge on any atom is 0.292 e. The lowest BCUT2D eigenvalue weighted by Gasteiger charge is -2.33. The molecule has 0 saturated carbocycles. The van der Waals surface area contributed by atoms with Gasteiger partial charge in [0.1, 0.15) is 0 Å². The van der Waals surface area contributed by atoms with Crippen LogP contribution in [-0.4, -0.2) is 32.3 Å². The predicted octanol–water partition coefficient (Wildman–Crippen LogP) is 4.16. The lowest BCUT2D eigenvalue weighted by molar-refractivity contribution is 0.0665. The summed E-state index contributed by atoms with van der Waals surface area (Å²) < 4.78 is 13.0. The van der Waals surface area contributed by atoms with Gasteiger partial charge in [-0.25, -0.2) is 14.4 Å². The zero-order valence-electron chi connectivity index (χ0n) is 13.2. The molecule has 3 aromatic rings. The summed E-state index contributed by atoms with van der Waals surface area (Å²) in [5.74, 6) is -0.918. The van der Waals surface area contributed by atoms with Crippen LogP contribution in [0.1, 0.15) is 34.8 Å². The molecular weight excluding hydrogens is 366 g/mol. The molecule has 1 N–H and O–H groups in total. The van der Waals surface area contributed by atoms with Crippen molar-refractivity contribution in [2.75, 3.05) is 6.54 Å². The molecule has 0 aliphatic carbocycles. The molecule has 5 nitrogen and oxygen atoms in total. The number of halogens is 3. The Labute approximate surface area is 152 Å². The van der Waals surface area contributed by atoms with Crippen LogP contribution in [0.3, 0.4) is 0 Å². The molecule has 4 rings (SSSR count). The SMILES string of the molecule is C[C@@H]1c2c([nH]c3c(Cl)c(Cl)ccc23)CCN1C(=O)c1ncc(F)cn1. The van der Waals surface area contributed by atoms with E-state index in [1.165, 1.54) is 0 Å². The van der Waals surface area contributed by atoms with Gasteiger partial charge in [-0.15, -0.1) is 0 Å². The topological polar surface area (TPSA) is 61.9 Å². The first-order chi connectivity index (χ1) is 12.0. The molecule has 1 aromatic carbocycles. The Balaban J connectivity index is 1.76. The van der Waals surface area contributed by atoms with E-state index >= 15 is 0 Å². The minimum Gasteiger partial charge on any atom is -0.357 e. The summed E-state index contributed by atoms with van der Waals surface area (Å²) in [5, 5.41) is 1.89. The van der Waals surface area contributed by atoms with Crippen molar-refractivity contribution in [3.63, 3.8) is 0 Å². The summed E-state index contributed by atoms with van der Waals surface area (Å²) in [6.07, 6.45) is 2.64. The molecule has 1 aliphatic heterocycles. The van der Waals surface area contributed by atoms with Crippen LogP contribution in [0.2, 0.25) is 10.0 Å². The Morgan fingerprint density at radius 2 is 2.04 bits per heavy atom. The quantitative estimate of drug-likeness (QED) is 0.691. The van der Waals surface area contributed by atoms with Crippen molar-refractivity contribution >= 4 is 40.0 Å². The van der Waals surface area contributed by atoms with Gasteiger partial charge in [0.15, 0.2) is 5.82 Å². The molecular formula is C17H13Cl2FN4O. The van der Waals surface area contributed by atoms with Gasteiger partial charge in [-0.1, -0.05) is 29.3 Å². The third kappa shape index (κ3) is 2.56. The van der Waals surface area contributed by atoms with Crippen molar-refractivity contribution in [3.8, 4) is 0 Å². The summed E-state index contributed by atoms with van der Waals surface area (Å²) in [7, 11) is 0. The molecule has 1 atom stereocenters. The van der Waals surface area contributed by atoms with Crippen molar-refractivity contribution in [1.82, 2.24) is 19.9 Å². The highest BCUT2D eigenvalue weighted by Crippen LogP contribution is 2.40. The zero-order chi connectivity index (χ0) is 17.7. The van der Waals surface area contributed by atoms with Crippen molar-refractivity contribution in [2.45, 2.75) is 19.4 Å². The van der Waals surface area contributed by atoms with E-state index in [0.29, 0.717) is 23.0 Å². The summed E-state index contributed by atoms with van der Waals surface area (Å²) >= 11 is 12.4. The lowest BCUT2D eigenvalue weighted by atomic mass is 9.97. The number of hydrogen-bond donors (Lipinski definition) is 1. The van der Waals surface area contributed by atoms with Gasteiger partial charge >= 0.3 is 0 Å². The molecule has 3 heterocycles. The van der Waals surface area contributed by atoms with Gasteiger partial charge in [-0.05, 0) is 13.0 Å². The molecule has 128 valence electrons. The third-order valence-corrected chi connectivity index (χ3v) is 5.35. The predicted molar refractivity (Wildman–Crippen MR) is 93.5 cm³/mol. The second-order valence-corrected chi connectivity index (χ2v) is 6.74. The monoisotopic (exact) mass is 378 g/mol. The molecule has 0 spiro atoms. The summed E-state index contributed by atoms with van der Waals surface area (Å²) in [5.41, 5.74) is 2.82. The Morgan fingerprint density at radius 1 is 1.32 bits per heavy atom. The minimum atomic E-state index is -0.575. The molecule has 8 heteroatoms. The Hall–Kier alpha value is -2.18. The largest absolute Gasteiger partial charge is 0.357 e. The standard InChI is InChI=1S/C17H13Cl2FN4O/c1-8-13-10-2-3-11(18)14(19)15(10)23-12(13)4-5-24(8)17(25)16-21-6-9(20)7-22-16/h2-3,6-8,23H,4-5H2,1H3/t8-/m1/s1. The van der Waals surface area contributed by atoms with Gasteiger partial charge in [-0.2, -0.15) is 0 Å². The van der Waals surface area contributed by atoms with E-state index in [-0.39, 0.29) is 17.8 Å². The average Bonchev–Trinajstić information content (AvgIpc) is 2.99. The first-order valence-electron chi connectivity index (χ1n) is 7.74. The van der Waals surface area contributed by atoms with Crippen LogP contribution in [-0.2, 0) is 6.42 Å². The summed E-state index contributed by atoms with van der Waals surface area (Å²) in [6, 6.07) is 3.45. The number of amides is 1. The van der Waals surface area contributed by atoms with Crippen molar-refractivity contribution in [2.24, 2.45) is 0 Å². The Kier molecular flexibility index (Phi) is 3.89. The number of carbonyl (C=O) groups excluding carboxylic acids is 1. The van der Waals surface area contributed by atoms with Crippen molar-refractivity contribution in [1.29, 1.82) is 0 Å². The maximum absolute atomic E-state index is 13.0. The minimum absolute atomic E-state index is 0.0161. The van der Waals surface area contributed by atoms with E-state index in [4.69, 9.17) is 23.2 Å². The lowest BCUT2D eigenvalue weighted by Crippen LogP contribution is -2.39. The summed E-state index contributed by atoms with van der Waals surface area (Å²) in [6.45, 7) is 2.45. The molecule has 0 saturated heterocycles. The normalized spacial score (nSPS) is 17.0. The fourth-order valence-electron chi connectivity index (χ4n) is 3.36. The molecule has 1 aliphatic rings. The molecule has 2 aromatic heterocycles. The van der Waals surface area contributed by atoms with Gasteiger partial charge in [0.25, 0.3) is 5.91 Å². The first-order valence-corrected chi connectivity index (χ1v) is 8.50. The number of aromatic amines is 1. The van der Waals surface area contributed by atoms with E-state index in [0.717, 1.165) is 34.6 Å². The number of nitrogens with one attached hydrogen (secondary N) is 1. The van der Waals surface area contributed by atoms with Gasteiger partial charge in [0.05, 0.1) is 34.0 Å². The smallest absolute Gasteiger partial charge is 0.292 e. The van der Waals surface area contributed by atoms with Crippen LogP contribution in [0.4, 0.5) is 4.39 Å². The highest BCUT2D eigenvalue weighted by molar-refractivity contribution is 6.45. The molecule has 0 radical (unpaired) electrons. The molecule has 0 unspecified atom stereocenters. The average molecular weight is 379 g/mol. The number of benzene rings is 1. The fourth-order valence-corrected chi connectivity index (χ4v) is 3.73. The first kappa shape index (κ1) is 16.3. The van der Waals surface area contributed by atoms with Crippen molar-refractivity contribution < 1.29 is 9.18 Å². The molecule has 25 heavy (non-hydrogen) atoms. The number of carbonyl (C=O) groups is 1. The fraction of sp³-hybridized carbons (Fsp3) is 0.235. The number of aromatic nitrogens is 3. The van der Waals surface area contributed by atoms with Crippen LogP contribution in [0.25, 0.3) is 10.9 Å². The number of rotatable bonds is 1. The Bertz CT molecular complexity index is 986. The van der Waals surface area contributed by atoms with Crippen LogP contribution in [0.5, 0.6) is 0 Å². The molecule has 0 fully saturated rings. The summed E-state index contributed by atoms with van der Waals surface area (Å²) in [4.78, 5) is 25.3. The van der Waals surface area contributed by atoms with Gasteiger partial charge in [0.2, 0.25) is 5.82 Å². The molecule has 1 amide bonds. The number of H-pyrrole nitrogens is 1. The highest BCUT2D eigenvalue weighted by Gasteiger charge is 2.32. The Morgan fingerprint density at radius 3 is 2.76 bits per heavy atom. The highest BCUT2D eigenvalue weighted by atomic mass is 35.5. The third-order valence-electron chi connectivity index (χ3n) is 4.55. The van der Waals surface area contributed by atoms with Crippen LogP contribution in [0, 0.1) is 5.82 Å². The zero-order valence-corrected chi connectivity index (χ0v) is 14.7. The van der Waals surface area contributed by atoms with E-state index in [1.807, 2.05) is 13.0 Å². The van der Waals surface area contributed by atoms with E-state index in [9.17, 15) is 9.18 Å². The molecule has 0 bridgehead atoms. The number of hydrogen-bond acceptors (Lipinski definition) is 3. The van der Waals surface area contributed by atoms with Crippen LogP contribution >= 0.6 is 23.2 Å². The van der Waals surface area contributed by atoms with E-state index < -0.39 is 5.82 Å². The second kappa shape index (κ2) is 5.97. The number of nitrogens with zero attached hydrogens (tertiary/aromatic N) is 3. The van der Waals surface area contributed by atoms with Crippen molar-refractivity contribution in [3.05, 3.63) is 57.5 Å². The second-order valence-electron chi connectivity index (χ2n) is 5.95. The number of fused-ring (bicyclic) bond motifs is 3. The van der Waals surface area contributed by atoms with E-state index in [1.54, 1.807) is 11.0 Å². The maximum atomic E-state index is 13.0. The van der Waals surface area contributed by atoms with E-state index in [2.05, 4.69) is 15.0 Å². The van der Waals surface area contributed by atoms with Crippen LogP contribution < -0.4 is 0 Å². The van der Waals surface area contributed by atoms with Crippen LogP contribution in [0.15, 0.2) is 24.5 Å². The van der Waals surface area contributed by atoms with Gasteiger partial charge in [0, 0.05) is 29.6 Å².